The third kappa shape index (κ3) is 2.54. The van der Waals surface area contributed by atoms with Crippen LogP contribution in [0.1, 0.15) is 40.4 Å². The molecule has 0 aromatic carbocycles. The first kappa shape index (κ1) is 13.7. The molecular formula is C13H17N5O3. The largest absolute Gasteiger partial charge is 0.380 e. The molecule has 2 atom stereocenters. The number of likely N-dealkylation sites (tertiary alicyclic amines) is 1. The highest BCUT2D eigenvalue weighted by Crippen LogP contribution is 2.32. The van der Waals surface area contributed by atoms with Gasteiger partial charge in [0.15, 0.2) is 5.82 Å². The van der Waals surface area contributed by atoms with Crippen molar-refractivity contribution in [2.45, 2.75) is 32.4 Å². The molecule has 0 radical (unpaired) electrons. The summed E-state index contributed by atoms with van der Waals surface area (Å²) < 4.78 is 10.5. The highest BCUT2D eigenvalue weighted by atomic mass is 16.5. The third-order valence-corrected chi connectivity index (χ3v) is 3.61. The van der Waals surface area contributed by atoms with E-state index in [-0.39, 0.29) is 23.8 Å². The number of amides is 1. The van der Waals surface area contributed by atoms with Gasteiger partial charge in [-0.05, 0) is 13.8 Å². The predicted molar refractivity (Wildman–Crippen MR) is 71.6 cm³/mol. The van der Waals surface area contributed by atoms with E-state index in [9.17, 15) is 4.79 Å². The zero-order chi connectivity index (χ0) is 15.0. The number of aromatic nitrogens is 4. The molecule has 8 nitrogen and oxygen atoms in total. The predicted octanol–water partition coefficient (Wildman–Crippen LogP) is 1.01. The quantitative estimate of drug-likeness (QED) is 0.906. The zero-order valence-corrected chi connectivity index (χ0v) is 12.2. The maximum absolute atomic E-state index is 12.6. The Morgan fingerprint density at radius 3 is 2.90 bits per heavy atom. The molecular weight excluding hydrogens is 274 g/mol. The van der Waals surface area contributed by atoms with E-state index in [1.54, 1.807) is 25.0 Å². The molecule has 1 N–H and O–H groups in total. The number of aromatic amines is 1. The summed E-state index contributed by atoms with van der Waals surface area (Å²) in [6.45, 7) is 4.08. The van der Waals surface area contributed by atoms with E-state index in [4.69, 9.17) is 9.26 Å². The fourth-order valence-corrected chi connectivity index (χ4v) is 2.55. The normalized spacial score (nSPS) is 22.0. The molecule has 1 saturated heterocycles. The lowest BCUT2D eigenvalue weighted by molar-refractivity contribution is 0.0645. The molecule has 0 unspecified atom stereocenters. The average Bonchev–Trinajstić information content (AvgIpc) is 3.16. The van der Waals surface area contributed by atoms with Crippen LogP contribution in [-0.2, 0) is 4.74 Å². The molecule has 8 heteroatoms. The molecule has 112 valence electrons. The van der Waals surface area contributed by atoms with Gasteiger partial charge in [-0.25, -0.2) is 4.98 Å². The summed E-state index contributed by atoms with van der Waals surface area (Å²) in [7, 11) is 1.64. The molecule has 0 saturated carbocycles. The van der Waals surface area contributed by atoms with Crippen LogP contribution in [0.2, 0.25) is 0 Å². The molecule has 21 heavy (non-hydrogen) atoms. The van der Waals surface area contributed by atoms with Crippen molar-refractivity contribution in [3.8, 4) is 0 Å². The Morgan fingerprint density at radius 2 is 2.33 bits per heavy atom. The van der Waals surface area contributed by atoms with E-state index in [1.165, 1.54) is 0 Å². The molecule has 2 aromatic rings. The molecule has 1 amide bonds. The first-order valence-electron chi connectivity index (χ1n) is 6.74. The van der Waals surface area contributed by atoms with Gasteiger partial charge in [-0.3, -0.25) is 9.89 Å². The van der Waals surface area contributed by atoms with Crippen molar-refractivity contribution < 1.29 is 14.1 Å². The summed E-state index contributed by atoms with van der Waals surface area (Å²) in [5.41, 5.74) is 0.672. The number of aryl methyl sites for hydroxylation is 2. The Hall–Kier alpha value is -2.22. The van der Waals surface area contributed by atoms with E-state index < -0.39 is 0 Å². The number of methoxy groups -OCH3 is 1. The number of nitrogens with zero attached hydrogens (tertiary/aromatic N) is 4. The van der Waals surface area contributed by atoms with Crippen LogP contribution in [0.25, 0.3) is 0 Å². The van der Waals surface area contributed by atoms with Gasteiger partial charge in [-0.15, -0.1) is 0 Å². The minimum atomic E-state index is -0.224. The minimum absolute atomic E-state index is 0.0400. The highest BCUT2D eigenvalue weighted by Gasteiger charge is 2.40. The Morgan fingerprint density at radius 1 is 1.52 bits per heavy atom. The maximum atomic E-state index is 12.6. The fraction of sp³-hybridized carbons (Fsp3) is 0.538. The van der Waals surface area contributed by atoms with E-state index in [0.29, 0.717) is 30.3 Å². The Kier molecular flexibility index (Phi) is 3.46. The van der Waals surface area contributed by atoms with E-state index in [1.807, 2.05) is 6.92 Å². The van der Waals surface area contributed by atoms with Crippen LogP contribution in [0, 0.1) is 13.8 Å². The van der Waals surface area contributed by atoms with Crippen molar-refractivity contribution >= 4 is 5.91 Å². The summed E-state index contributed by atoms with van der Waals surface area (Å²) in [5, 5.41) is 10.7. The number of ether oxygens (including phenoxy) is 1. The van der Waals surface area contributed by atoms with Gasteiger partial charge in [-0.1, -0.05) is 5.16 Å². The van der Waals surface area contributed by atoms with Crippen LogP contribution < -0.4 is 0 Å². The molecule has 3 rings (SSSR count). The number of H-pyrrole nitrogens is 1. The second-order valence-corrected chi connectivity index (χ2v) is 5.18. The Bertz CT molecular complexity index is 650. The smallest absolute Gasteiger partial charge is 0.293 e. The molecule has 0 bridgehead atoms. The molecule has 1 fully saturated rings. The standard InChI is InChI=1S/C13H17N5O3/c1-7-4-11(21-17-7)13(19)18-6-9(20-3)5-10(18)12-14-8(2)15-16-12/h4,9-10H,5-6H2,1-3H3,(H,14,15,16)/t9-,10+/m1/s1. The zero-order valence-electron chi connectivity index (χ0n) is 12.2. The number of nitrogens with one attached hydrogen (secondary N) is 1. The first-order valence-corrected chi connectivity index (χ1v) is 6.74. The maximum Gasteiger partial charge on any atom is 0.293 e. The van der Waals surface area contributed by atoms with Crippen molar-refractivity contribution in [2.75, 3.05) is 13.7 Å². The van der Waals surface area contributed by atoms with Crippen molar-refractivity contribution in [1.29, 1.82) is 0 Å². The number of hydrogen-bond acceptors (Lipinski definition) is 6. The molecule has 3 heterocycles. The van der Waals surface area contributed by atoms with Gasteiger partial charge < -0.3 is 14.2 Å². The average molecular weight is 291 g/mol. The lowest BCUT2D eigenvalue weighted by atomic mass is 10.2. The van der Waals surface area contributed by atoms with Crippen LogP contribution in [0.15, 0.2) is 10.6 Å². The lowest BCUT2D eigenvalue weighted by Crippen LogP contribution is -2.32. The summed E-state index contributed by atoms with van der Waals surface area (Å²) in [5.74, 6) is 1.31. The SMILES string of the molecule is CO[C@@H]1C[C@@H](c2n[nH]c(C)n2)N(C(=O)c2cc(C)no2)C1. The van der Waals surface area contributed by atoms with E-state index >= 15 is 0 Å². The highest BCUT2D eigenvalue weighted by molar-refractivity contribution is 5.92. The van der Waals surface area contributed by atoms with E-state index in [0.717, 1.165) is 0 Å². The fourth-order valence-electron chi connectivity index (χ4n) is 2.55. The molecule has 2 aromatic heterocycles. The van der Waals surface area contributed by atoms with Crippen LogP contribution in [0.3, 0.4) is 0 Å². The molecule has 0 spiro atoms. The first-order chi connectivity index (χ1) is 10.1. The van der Waals surface area contributed by atoms with Crippen molar-refractivity contribution in [2.24, 2.45) is 0 Å². The van der Waals surface area contributed by atoms with Gasteiger partial charge >= 0.3 is 0 Å². The number of rotatable bonds is 3. The van der Waals surface area contributed by atoms with Gasteiger partial charge in [-0.2, -0.15) is 5.10 Å². The molecule has 1 aliphatic rings. The van der Waals surface area contributed by atoms with Gasteiger partial charge in [0.05, 0.1) is 17.8 Å². The van der Waals surface area contributed by atoms with Crippen molar-refractivity contribution in [3.63, 3.8) is 0 Å². The Labute approximate surface area is 121 Å². The molecule has 0 aliphatic carbocycles. The van der Waals surface area contributed by atoms with Crippen molar-refractivity contribution in [3.05, 3.63) is 29.2 Å². The number of carbonyl (C=O) groups excluding carboxylic acids is 1. The van der Waals surface area contributed by atoms with E-state index in [2.05, 4.69) is 20.3 Å². The summed E-state index contributed by atoms with van der Waals surface area (Å²) in [6, 6.07) is 1.40. The number of hydrogen-bond donors (Lipinski definition) is 1. The monoisotopic (exact) mass is 291 g/mol. The van der Waals surface area contributed by atoms with Crippen LogP contribution >= 0.6 is 0 Å². The van der Waals surface area contributed by atoms with Gasteiger partial charge in [0.1, 0.15) is 5.82 Å². The third-order valence-electron chi connectivity index (χ3n) is 3.61. The van der Waals surface area contributed by atoms with Crippen LogP contribution in [-0.4, -0.2) is 50.9 Å². The molecule has 1 aliphatic heterocycles. The second-order valence-electron chi connectivity index (χ2n) is 5.18. The number of carbonyl (C=O) groups is 1. The van der Waals surface area contributed by atoms with Gasteiger partial charge in [0.25, 0.3) is 5.91 Å². The minimum Gasteiger partial charge on any atom is -0.380 e. The Balaban J connectivity index is 1.88. The topological polar surface area (TPSA) is 97.1 Å². The lowest BCUT2D eigenvalue weighted by Gasteiger charge is -2.20. The van der Waals surface area contributed by atoms with Crippen molar-refractivity contribution in [1.82, 2.24) is 25.2 Å². The van der Waals surface area contributed by atoms with Gasteiger partial charge in [0.2, 0.25) is 5.76 Å². The summed E-state index contributed by atoms with van der Waals surface area (Å²) in [4.78, 5) is 18.6. The van der Waals surface area contributed by atoms with Crippen LogP contribution in [0.5, 0.6) is 0 Å². The second kappa shape index (κ2) is 5.28. The summed E-state index contributed by atoms with van der Waals surface area (Å²) in [6.07, 6.45) is 0.619. The van der Waals surface area contributed by atoms with Gasteiger partial charge in [0, 0.05) is 26.1 Å². The summed E-state index contributed by atoms with van der Waals surface area (Å²) >= 11 is 0. The van der Waals surface area contributed by atoms with Crippen LogP contribution in [0.4, 0.5) is 0 Å².